The first-order chi connectivity index (χ1) is 9.11. The topological polar surface area (TPSA) is 20.3 Å². The maximum Gasteiger partial charge on any atom is 0.150 e. The van der Waals surface area contributed by atoms with E-state index in [-0.39, 0.29) is 5.82 Å². The standard InChI is InChI=1S/C15H13FINO/c1-18(15-5-3-2-4-14(15)17)9-12-8-13(16)7-6-11(12)10-19/h2-8,10H,9H2,1H3. The Bertz CT molecular complexity index is 600. The minimum absolute atomic E-state index is 0.322. The molecule has 0 saturated carbocycles. The summed E-state index contributed by atoms with van der Waals surface area (Å²) in [5, 5.41) is 0. The van der Waals surface area contributed by atoms with Gasteiger partial charge in [0.15, 0.2) is 0 Å². The monoisotopic (exact) mass is 369 g/mol. The van der Waals surface area contributed by atoms with Gasteiger partial charge in [-0.15, -0.1) is 0 Å². The first kappa shape index (κ1) is 14.0. The number of rotatable bonds is 4. The lowest BCUT2D eigenvalue weighted by atomic mass is 10.1. The predicted octanol–water partition coefficient (Wildman–Crippen LogP) is 3.88. The number of aldehydes is 1. The van der Waals surface area contributed by atoms with Gasteiger partial charge in [-0.05, 0) is 58.5 Å². The van der Waals surface area contributed by atoms with Gasteiger partial charge in [0, 0.05) is 22.7 Å². The van der Waals surface area contributed by atoms with Gasteiger partial charge in [0.05, 0.1) is 5.69 Å². The van der Waals surface area contributed by atoms with Gasteiger partial charge < -0.3 is 4.90 Å². The summed E-state index contributed by atoms with van der Waals surface area (Å²) in [6.45, 7) is 0.492. The lowest BCUT2D eigenvalue weighted by molar-refractivity contribution is 0.112. The van der Waals surface area contributed by atoms with Crippen molar-refractivity contribution in [1.29, 1.82) is 0 Å². The minimum atomic E-state index is -0.322. The number of carbonyl (C=O) groups excluding carboxylic acids is 1. The van der Waals surface area contributed by atoms with Crippen molar-refractivity contribution in [3.8, 4) is 0 Å². The van der Waals surface area contributed by atoms with E-state index in [0.717, 1.165) is 15.5 Å². The first-order valence-corrected chi connectivity index (χ1v) is 6.89. The van der Waals surface area contributed by atoms with Crippen LogP contribution in [0.2, 0.25) is 0 Å². The molecule has 2 nitrogen and oxygen atoms in total. The second kappa shape index (κ2) is 6.14. The SMILES string of the molecule is CN(Cc1cc(F)ccc1C=O)c1ccccc1I. The van der Waals surface area contributed by atoms with Crippen LogP contribution in [0.1, 0.15) is 15.9 Å². The molecule has 0 unspecified atom stereocenters. The van der Waals surface area contributed by atoms with Gasteiger partial charge in [0.1, 0.15) is 12.1 Å². The number of nitrogens with zero attached hydrogens (tertiary/aromatic N) is 1. The molecule has 0 bridgehead atoms. The van der Waals surface area contributed by atoms with Gasteiger partial charge in [-0.25, -0.2) is 4.39 Å². The van der Waals surface area contributed by atoms with E-state index >= 15 is 0 Å². The van der Waals surface area contributed by atoms with E-state index in [4.69, 9.17) is 0 Å². The lowest BCUT2D eigenvalue weighted by Gasteiger charge is -2.21. The van der Waals surface area contributed by atoms with Gasteiger partial charge in [-0.2, -0.15) is 0 Å². The molecular weight excluding hydrogens is 356 g/mol. The molecule has 0 atom stereocenters. The summed E-state index contributed by atoms with van der Waals surface area (Å²) in [7, 11) is 1.93. The molecule has 0 aliphatic rings. The molecule has 0 aliphatic carbocycles. The molecule has 0 aromatic heterocycles. The molecule has 0 radical (unpaired) electrons. The van der Waals surface area contributed by atoms with Crippen LogP contribution in [-0.2, 0) is 6.54 Å². The van der Waals surface area contributed by atoms with Crippen molar-refractivity contribution >= 4 is 34.6 Å². The summed E-state index contributed by atoms with van der Waals surface area (Å²) in [5.74, 6) is -0.322. The zero-order valence-corrected chi connectivity index (χ0v) is 12.6. The molecule has 0 saturated heterocycles. The maximum absolute atomic E-state index is 13.3. The summed E-state index contributed by atoms with van der Waals surface area (Å²) in [6, 6.07) is 12.2. The van der Waals surface area contributed by atoms with Crippen LogP contribution in [0.4, 0.5) is 10.1 Å². The van der Waals surface area contributed by atoms with Crippen LogP contribution in [0.3, 0.4) is 0 Å². The Balaban J connectivity index is 2.28. The van der Waals surface area contributed by atoms with Crippen molar-refractivity contribution in [3.05, 3.63) is 63.0 Å². The molecule has 0 N–H and O–H groups in total. The van der Waals surface area contributed by atoms with Crippen molar-refractivity contribution in [2.75, 3.05) is 11.9 Å². The molecule has 2 aromatic rings. The zero-order valence-electron chi connectivity index (χ0n) is 10.4. The van der Waals surface area contributed by atoms with Gasteiger partial charge in [-0.3, -0.25) is 4.79 Å². The highest BCUT2D eigenvalue weighted by atomic mass is 127. The Hall–Kier alpha value is -1.43. The number of hydrogen-bond acceptors (Lipinski definition) is 2. The van der Waals surface area contributed by atoms with Crippen molar-refractivity contribution in [2.45, 2.75) is 6.54 Å². The third-order valence-corrected chi connectivity index (χ3v) is 3.82. The third-order valence-electron chi connectivity index (χ3n) is 2.90. The Labute approximate surface area is 125 Å². The predicted molar refractivity (Wildman–Crippen MR) is 83.1 cm³/mol. The normalized spacial score (nSPS) is 10.3. The molecule has 0 fully saturated rings. The third kappa shape index (κ3) is 3.32. The van der Waals surface area contributed by atoms with E-state index in [1.165, 1.54) is 18.2 Å². The van der Waals surface area contributed by atoms with Gasteiger partial charge in [-0.1, -0.05) is 12.1 Å². The minimum Gasteiger partial charge on any atom is -0.369 e. The number of benzene rings is 2. The highest BCUT2D eigenvalue weighted by Gasteiger charge is 2.09. The van der Waals surface area contributed by atoms with Crippen molar-refractivity contribution in [3.63, 3.8) is 0 Å². The highest BCUT2D eigenvalue weighted by Crippen LogP contribution is 2.23. The average molecular weight is 369 g/mol. The fourth-order valence-corrected chi connectivity index (χ4v) is 2.73. The lowest BCUT2D eigenvalue weighted by Crippen LogP contribution is -2.18. The van der Waals surface area contributed by atoms with Crippen molar-refractivity contribution in [1.82, 2.24) is 0 Å². The van der Waals surface area contributed by atoms with Crippen LogP contribution in [-0.4, -0.2) is 13.3 Å². The van der Waals surface area contributed by atoms with Crippen LogP contribution < -0.4 is 4.90 Å². The number of hydrogen-bond donors (Lipinski definition) is 0. The molecule has 0 spiro atoms. The fourth-order valence-electron chi connectivity index (χ4n) is 1.93. The highest BCUT2D eigenvalue weighted by molar-refractivity contribution is 14.1. The number of anilines is 1. The van der Waals surface area contributed by atoms with Crippen LogP contribution in [0, 0.1) is 9.39 Å². The maximum atomic E-state index is 13.3. The first-order valence-electron chi connectivity index (χ1n) is 5.81. The van der Waals surface area contributed by atoms with Gasteiger partial charge in [0.2, 0.25) is 0 Å². The Kier molecular flexibility index (Phi) is 4.52. The summed E-state index contributed by atoms with van der Waals surface area (Å²) >= 11 is 2.26. The molecule has 2 aromatic carbocycles. The smallest absolute Gasteiger partial charge is 0.150 e. The molecular formula is C15H13FINO. The summed E-state index contributed by atoms with van der Waals surface area (Å²) in [4.78, 5) is 13.0. The van der Waals surface area contributed by atoms with Crippen LogP contribution >= 0.6 is 22.6 Å². The second-order valence-electron chi connectivity index (χ2n) is 4.27. The van der Waals surface area contributed by atoms with E-state index in [9.17, 15) is 9.18 Å². The molecule has 0 aliphatic heterocycles. The van der Waals surface area contributed by atoms with E-state index in [2.05, 4.69) is 22.6 Å². The Morgan fingerprint density at radius 2 is 2.00 bits per heavy atom. The van der Waals surface area contributed by atoms with E-state index in [1.807, 2.05) is 36.2 Å². The van der Waals surface area contributed by atoms with E-state index < -0.39 is 0 Å². The summed E-state index contributed by atoms with van der Waals surface area (Å²) < 4.78 is 14.4. The molecule has 4 heteroatoms. The summed E-state index contributed by atoms with van der Waals surface area (Å²) in [5.41, 5.74) is 2.28. The van der Waals surface area contributed by atoms with Crippen LogP contribution in [0.15, 0.2) is 42.5 Å². The number of carbonyl (C=O) groups is 1. The van der Waals surface area contributed by atoms with E-state index in [0.29, 0.717) is 17.7 Å². The van der Waals surface area contributed by atoms with E-state index in [1.54, 1.807) is 0 Å². The molecule has 2 rings (SSSR count). The molecule has 19 heavy (non-hydrogen) atoms. The van der Waals surface area contributed by atoms with Crippen molar-refractivity contribution < 1.29 is 9.18 Å². The average Bonchev–Trinajstić information content (AvgIpc) is 2.39. The Morgan fingerprint density at radius 1 is 1.26 bits per heavy atom. The largest absolute Gasteiger partial charge is 0.369 e. The van der Waals surface area contributed by atoms with Gasteiger partial charge in [0.25, 0.3) is 0 Å². The van der Waals surface area contributed by atoms with Crippen LogP contribution in [0.25, 0.3) is 0 Å². The Morgan fingerprint density at radius 3 is 2.68 bits per heavy atom. The molecule has 98 valence electrons. The zero-order chi connectivity index (χ0) is 13.8. The van der Waals surface area contributed by atoms with Crippen molar-refractivity contribution in [2.24, 2.45) is 0 Å². The van der Waals surface area contributed by atoms with Gasteiger partial charge >= 0.3 is 0 Å². The summed E-state index contributed by atoms with van der Waals surface area (Å²) in [6.07, 6.45) is 0.762. The molecule has 0 heterocycles. The quantitative estimate of drug-likeness (QED) is 0.602. The number of halogens is 2. The second-order valence-corrected chi connectivity index (χ2v) is 5.43. The fraction of sp³-hybridized carbons (Fsp3) is 0.133. The van der Waals surface area contributed by atoms with Crippen LogP contribution in [0.5, 0.6) is 0 Å². The molecule has 0 amide bonds. The number of para-hydroxylation sites is 1.